The van der Waals surface area contributed by atoms with Crippen LogP contribution in [0.1, 0.15) is 35.3 Å². The number of carbonyl (C=O) groups excluding carboxylic acids is 2. The summed E-state index contributed by atoms with van der Waals surface area (Å²) in [6.07, 6.45) is 5.78. The Bertz CT molecular complexity index is 1450. The summed E-state index contributed by atoms with van der Waals surface area (Å²) in [4.78, 5) is 38.3. The van der Waals surface area contributed by atoms with E-state index in [0.717, 1.165) is 0 Å². The molecule has 0 atom stereocenters. The molecule has 1 amide bonds. The number of halogens is 2. The average Bonchev–Trinajstić information content (AvgIpc) is 3.24. The lowest BCUT2D eigenvalue weighted by Gasteiger charge is -2.24. The number of rotatable bonds is 9. The van der Waals surface area contributed by atoms with E-state index >= 15 is 0 Å². The van der Waals surface area contributed by atoms with Crippen molar-refractivity contribution in [2.24, 2.45) is 0 Å². The number of ether oxygens (including phenoxy) is 1. The number of benzene rings is 1. The molecule has 4 rings (SSSR count). The molecule has 0 fully saturated rings. The van der Waals surface area contributed by atoms with Crippen molar-refractivity contribution in [1.82, 2.24) is 19.5 Å². The molecule has 0 saturated carbocycles. The number of aliphatic hydroxyl groups excluding tert-OH is 1. The predicted molar refractivity (Wildman–Crippen MR) is 131 cm³/mol. The predicted octanol–water partition coefficient (Wildman–Crippen LogP) is 3.15. The minimum atomic E-state index is -2.93. The van der Waals surface area contributed by atoms with Gasteiger partial charge in [0.2, 0.25) is 11.9 Å². The van der Waals surface area contributed by atoms with Gasteiger partial charge in [0, 0.05) is 29.5 Å². The SMILES string of the molecule is CC(C)(CO)n1cc(C(=O)c2cncc(NC(=O)Cc3ccc(OC(F)F)cc3)c2)c2cnc(N)nc21. The molecule has 3 aromatic heterocycles. The van der Waals surface area contributed by atoms with Crippen LogP contribution < -0.4 is 15.8 Å². The Balaban J connectivity index is 1.55. The van der Waals surface area contributed by atoms with Gasteiger partial charge in [-0.15, -0.1) is 0 Å². The number of hydrogen-bond donors (Lipinski definition) is 3. The molecule has 0 spiro atoms. The molecule has 0 aliphatic heterocycles. The number of amides is 1. The highest BCUT2D eigenvalue weighted by atomic mass is 19.3. The topological polar surface area (TPSA) is 145 Å². The van der Waals surface area contributed by atoms with Gasteiger partial charge in [-0.3, -0.25) is 14.6 Å². The smallest absolute Gasteiger partial charge is 0.387 e. The van der Waals surface area contributed by atoms with Gasteiger partial charge in [0.05, 0.1) is 36.0 Å². The summed E-state index contributed by atoms with van der Waals surface area (Å²) in [5.74, 6) is -0.753. The van der Waals surface area contributed by atoms with Crippen molar-refractivity contribution in [2.75, 3.05) is 17.7 Å². The first-order chi connectivity index (χ1) is 17.6. The number of nitrogens with zero attached hydrogens (tertiary/aromatic N) is 4. The van der Waals surface area contributed by atoms with E-state index in [1.807, 2.05) is 0 Å². The van der Waals surface area contributed by atoms with Crippen LogP contribution in [0.25, 0.3) is 11.0 Å². The summed E-state index contributed by atoms with van der Waals surface area (Å²) in [7, 11) is 0. The lowest BCUT2D eigenvalue weighted by atomic mass is 10.1. The number of aliphatic hydroxyl groups is 1. The number of nitrogen functional groups attached to an aromatic ring is 1. The third kappa shape index (κ3) is 5.70. The molecule has 4 N–H and O–H groups in total. The number of carbonyl (C=O) groups is 2. The van der Waals surface area contributed by atoms with Gasteiger partial charge in [-0.2, -0.15) is 13.8 Å². The first-order valence-corrected chi connectivity index (χ1v) is 11.2. The van der Waals surface area contributed by atoms with Gasteiger partial charge in [0.15, 0.2) is 5.78 Å². The van der Waals surface area contributed by atoms with E-state index in [1.165, 1.54) is 48.9 Å². The van der Waals surface area contributed by atoms with E-state index in [-0.39, 0.29) is 47.5 Å². The fourth-order valence-electron chi connectivity index (χ4n) is 3.71. The maximum absolute atomic E-state index is 13.4. The van der Waals surface area contributed by atoms with Crippen molar-refractivity contribution < 1.29 is 28.2 Å². The van der Waals surface area contributed by atoms with Crippen LogP contribution in [-0.4, -0.2) is 49.5 Å². The normalized spacial score (nSPS) is 11.6. The molecular formula is C25H24F2N6O4. The second-order valence-corrected chi connectivity index (χ2v) is 8.89. The molecule has 10 nitrogen and oxygen atoms in total. The molecule has 0 aliphatic carbocycles. The highest BCUT2D eigenvalue weighted by Gasteiger charge is 2.26. The number of aromatic nitrogens is 4. The van der Waals surface area contributed by atoms with Crippen LogP contribution in [0.15, 0.2) is 55.1 Å². The fraction of sp³-hybridized carbons (Fsp3) is 0.240. The van der Waals surface area contributed by atoms with Gasteiger partial charge in [-0.05, 0) is 37.6 Å². The second-order valence-electron chi connectivity index (χ2n) is 8.89. The van der Waals surface area contributed by atoms with E-state index in [1.54, 1.807) is 24.6 Å². The van der Waals surface area contributed by atoms with E-state index in [0.29, 0.717) is 22.3 Å². The Labute approximate surface area is 210 Å². The third-order valence-electron chi connectivity index (χ3n) is 5.64. The molecule has 0 unspecified atom stereocenters. The second kappa shape index (κ2) is 10.3. The van der Waals surface area contributed by atoms with E-state index in [2.05, 4.69) is 25.0 Å². The Morgan fingerprint density at radius 1 is 1.19 bits per heavy atom. The Morgan fingerprint density at radius 2 is 1.92 bits per heavy atom. The minimum Gasteiger partial charge on any atom is -0.435 e. The molecule has 0 bridgehead atoms. The van der Waals surface area contributed by atoms with E-state index in [4.69, 9.17) is 5.73 Å². The summed E-state index contributed by atoms with van der Waals surface area (Å²) in [6, 6.07) is 7.20. The van der Waals surface area contributed by atoms with Gasteiger partial charge in [-0.1, -0.05) is 12.1 Å². The van der Waals surface area contributed by atoms with E-state index < -0.39 is 12.2 Å². The fourth-order valence-corrected chi connectivity index (χ4v) is 3.71. The Morgan fingerprint density at radius 3 is 2.59 bits per heavy atom. The highest BCUT2D eigenvalue weighted by Crippen LogP contribution is 2.28. The molecule has 1 aromatic carbocycles. The maximum atomic E-state index is 13.4. The molecule has 37 heavy (non-hydrogen) atoms. The van der Waals surface area contributed by atoms with Gasteiger partial charge in [0.1, 0.15) is 11.4 Å². The molecular weight excluding hydrogens is 486 g/mol. The van der Waals surface area contributed by atoms with Crippen molar-refractivity contribution in [3.63, 3.8) is 0 Å². The van der Waals surface area contributed by atoms with Crippen molar-refractivity contribution in [3.05, 3.63) is 71.8 Å². The molecule has 12 heteroatoms. The molecule has 0 aliphatic rings. The number of anilines is 2. The number of hydrogen-bond acceptors (Lipinski definition) is 8. The van der Waals surface area contributed by atoms with Crippen LogP contribution in [-0.2, 0) is 16.8 Å². The Kier molecular flexibility index (Phi) is 7.11. The Hall–Kier alpha value is -4.45. The molecule has 3 heterocycles. The molecule has 0 radical (unpaired) electrons. The van der Waals surface area contributed by atoms with Crippen molar-refractivity contribution in [2.45, 2.75) is 32.4 Å². The third-order valence-corrected chi connectivity index (χ3v) is 5.64. The zero-order chi connectivity index (χ0) is 26.7. The lowest BCUT2D eigenvalue weighted by Crippen LogP contribution is -2.30. The van der Waals surface area contributed by atoms with E-state index in [9.17, 15) is 23.5 Å². The minimum absolute atomic E-state index is 0.00797. The summed E-state index contributed by atoms with van der Waals surface area (Å²) in [5.41, 5.74) is 6.76. The summed E-state index contributed by atoms with van der Waals surface area (Å²) < 4.78 is 30.6. The number of fused-ring (bicyclic) bond motifs is 1. The zero-order valence-corrected chi connectivity index (χ0v) is 20.0. The largest absolute Gasteiger partial charge is 0.435 e. The van der Waals surface area contributed by atoms with Gasteiger partial charge in [0.25, 0.3) is 0 Å². The number of pyridine rings is 1. The molecule has 0 saturated heterocycles. The van der Waals surface area contributed by atoms with Gasteiger partial charge >= 0.3 is 6.61 Å². The van der Waals surface area contributed by atoms with Crippen LogP contribution >= 0.6 is 0 Å². The van der Waals surface area contributed by atoms with Crippen LogP contribution in [0.3, 0.4) is 0 Å². The van der Waals surface area contributed by atoms with Crippen LogP contribution in [0, 0.1) is 0 Å². The molecule has 4 aromatic rings. The number of ketones is 1. The monoisotopic (exact) mass is 510 g/mol. The number of alkyl halides is 2. The zero-order valence-electron chi connectivity index (χ0n) is 20.0. The van der Waals surface area contributed by atoms with Crippen LogP contribution in [0.5, 0.6) is 5.75 Å². The van der Waals surface area contributed by atoms with Gasteiger partial charge in [-0.25, -0.2) is 4.98 Å². The summed E-state index contributed by atoms with van der Waals surface area (Å²) in [6.45, 7) is 0.436. The lowest BCUT2D eigenvalue weighted by molar-refractivity contribution is -0.115. The van der Waals surface area contributed by atoms with Crippen molar-refractivity contribution >= 4 is 34.4 Å². The van der Waals surface area contributed by atoms with Crippen LogP contribution in [0.4, 0.5) is 20.4 Å². The standard InChI is InChI=1S/C25H24F2N6O4/c1-25(2,13-34)33-12-19(18-11-30-24(28)32-22(18)33)21(36)15-8-16(10-29-9-15)31-20(35)7-14-3-5-17(6-4-14)37-23(26)27/h3-6,8-12,23,34H,7,13H2,1-2H3,(H,31,35)(H2,28,30,32). The first kappa shape index (κ1) is 25.6. The van der Waals surface area contributed by atoms with Crippen molar-refractivity contribution in [1.29, 1.82) is 0 Å². The summed E-state index contributed by atoms with van der Waals surface area (Å²) >= 11 is 0. The number of nitrogens with two attached hydrogens (primary N) is 1. The summed E-state index contributed by atoms with van der Waals surface area (Å²) in [5, 5.41) is 13.0. The quantitative estimate of drug-likeness (QED) is 0.291. The number of nitrogens with one attached hydrogen (secondary N) is 1. The van der Waals surface area contributed by atoms with Gasteiger partial charge < -0.3 is 25.5 Å². The highest BCUT2D eigenvalue weighted by molar-refractivity contribution is 6.16. The average molecular weight is 511 g/mol. The van der Waals surface area contributed by atoms with Crippen molar-refractivity contribution in [3.8, 4) is 5.75 Å². The van der Waals surface area contributed by atoms with Crippen LogP contribution in [0.2, 0.25) is 0 Å². The first-order valence-electron chi connectivity index (χ1n) is 11.2. The maximum Gasteiger partial charge on any atom is 0.387 e. The molecule has 192 valence electrons.